The number of cyclic esters (lactones) is 1. The Morgan fingerprint density at radius 2 is 2.06 bits per heavy atom. The SMILES string of the molecule is CC1OC(=O)NC1C(=O)Oc1ccccc1. The Hall–Kier alpha value is -2.04. The first-order chi connectivity index (χ1) is 7.66. The van der Waals surface area contributed by atoms with E-state index in [1.54, 1.807) is 31.2 Å². The summed E-state index contributed by atoms with van der Waals surface area (Å²) in [4.78, 5) is 22.5. The number of hydrogen-bond acceptors (Lipinski definition) is 4. The number of hydrogen-bond donors (Lipinski definition) is 1. The summed E-state index contributed by atoms with van der Waals surface area (Å²) in [6.45, 7) is 1.63. The Balaban J connectivity index is 2.01. The van der Waals surface area contributed by atoms with E-state index in [-0.39, 0.29) is 0 Å². The molecule has 84 valence electrons. The van der Waals surface area contributed by atoms with Crippen LogP contribution in [0.15, 0.2) is 30.3 Å². The van der Waals surface area contributed by atoms with Gasteiger partial charge >= 0.3 is 12.1 Å². The van der Waals surface area contributed by atoms with Crippen molar-refractivity contribution in [3.05, 3.63) is 30.3 Å². The molecule has 5 nitrogen and oxygen atoms in total. The normalized spacial score (nSPS) is 23.4. The topological polar surface area (TPSA) is 64.6 Å². The van der Waals surface area contributed by atoms with Gasteiger partial charge in [0.25, 0.3) is 0 Å². The molecular formula is C11H11NO4. The summed E-state index contributed by atoms with van der Waals surface area (Å²) in [7, 11) is 0. The molecule has 0 radical (unpaired) electrons. The second-order valence-electron chi connectivity index (χ2n) is 3.47. The van der Waals surface area contributed by atoms with E-state index in [1.807, 2.05) is 6.07 Å². The Morgan fingerprint density at radius 3 is 2.62 bits per heavy atom. The minimum Gasteiger partial charge on any atom is -0.444 e. The van der Waals surface area contributed by atoms with Gasteiger partial charge in [0, 0.05) is 0 Å². The summed E-state index contributed by atoms with van der Waals surface area (Å²) < 4.78 is 9.87. The van der Waals surface area contributed by atoms with E-state index in [9.17, 15) is 9.59 Å². The molecule has 2 rings (SSSR count). The Kier molecular flexibility index (Phi) is 2.76. The molecule has 1 saturated heterocycles. The van der Waals surface area contributed by atoms with E-state index in [1.165, 1.54) is 0 Å². The van der Waals surface area contributed by atoms with Crippen LogP contribution < -0.4 is 10.1 Å². The third-order valence-electron chi connectivity index (χ3n) is 2.25. The van der Waals surface area contributed by atoms with Gasteiger partial charge in [-0.2, -0.15) is 0 Å². The highest BCUT2D eigenvalue weighted by atomic mass is 16.6. The maximum Gasteiger partial charge on any atom is 0.408 e. The van der Waals surface area contributed by atoms with Gasteiger partial charge in [0.05, 0.1) is 0 Å². The van der Waals surface area contributed by atoms with Crippen molar-refractivity contribution < 1.29 is 19.1 Å². The van der Waals surface area contributed by atoms with Gasteiger partial charge in [0.15, 0.2) is 6.04 Å². The number of benzene rings is 1. The van der Waals surface area contributed by atoms with Crippen LogP contribution in [-0.4, -0.2) is 24.2 Å². The quantitative estimate of drug-likeness (QED) is 0.599. The molecule has 1 fully saturated rings. The van der Waals surface area contributed by atoms with E-state index in [0.29, 0.717) is 5.75 Å². The molecule has 0 aromatic heterocycles. The average molecular weight is 221 g/mol. The lowest BCUT2D eigenvalue weighted by Gasteiger charge is -2.11. The standard InChI is InChI=1S/C11H11NO4/c1-7-9(12-11(14)15-7)10(13)16-8-5-3-2-4-6-8/h2-7,9H,1H3,(H,12,14). The summed E-state index contributed by atoms with van der Waals surface area (Å²) in [5, 5.41) is 2.39. The number of para-hydroxylation sites is 1. The third kappa shape index (κ3) is 2.13. The van der Waals surface area contributed by atoms with Crippen molar-refractivity contribution in [1.82, 2.24) is 5.32 Å². The van der Waals surface area contributed by atoms with Crippen molar-refractivity contribution in [3.8, 4) is 5.75 Å². The summed E-state index contributed by atoms with van der Waals surface area (Å²) >= 11 is 0. The number of carbonyl (C=O) groups is 2. The van der Waals surface area contributed by atoms with Crippen LogP contribution in [0.25, 0.3) is 0 Å². The van der Waals surface area contributed by atoms with Crippen LogP contribution in [0.1, 0.15) is 6.92 Å². The second kappa shape index (κ2) is 4.22. The number of rotatable bonds is 2. The molecule has 1 aliphatic rings. The van der Waals surface area contributed by atoms with Crippen molar-refractivity contribution in [3.63, 3.8) is 0 Å². The molecule has 0 bridgehead atoms. The molecule has 2 atom stereocenters. The molecule has 1 heterocycles. The molecule has 1 N–H and O–H groups in total. The number of carbonyl (C=O) groups excluding carboxylic acids is 2. The maximum atomic E-state index is 11.7. The van der Waals surface area contributed by atoms with Gasteiger partial charge in [-0.1, -0.05) is 18.2 Å². The van der Waals surface area contributed by atoms with Gasteiger partial charge in [-0.25, -0.2) is 9.59 Å². The fourth-order valence-electron chi connectivity index (χ4n) is 1.43. The highest BCUT2D eigenvalue weighted by Crippen LogP contribution is 2.13. The zero-order valence-corrected chi connectivity index (χ0v) is 8.67. The first-order valence-electron chi connectivity index (χ1n) is 4.91. The van der Waals surface area contributed by atoms with Crippen LogP contribution in [0.5, 0.6) is 5.75 Å². The lowest BCUT2D eigenvalue weighted by atomic mass is 10.2. The lowest BCUT2D eigenvalue weighted by Crippen LogP contribution is -2.40. The number of nitrogens with one attached hydrogen (secondary N) is 1. The molecule has 0 saturated carbocycles. The van der Waals surface area contributed by atoms with Crippen LogP contribution in [0.2, 0.25) is 0 Å². The molecule has 0 spiro atoms. The van der Waals surface area contributed by atoms with Crippen LogP contribution in [0, 0.1) is 0 Å². The lowest BCUT2D eigenvalue weighted by molar-refractivity contribution is -0.137. The first-order valence-corrected chi connectivity index (χ1v) is 4.91. The van der Waals surface area contributed by atoms with Gasteiger partial charge in [0.2, 0.25) is 0 Å². The van der Waals surface area contributed by atoms with E-state index < -0.39 is 24.2 Å². The average Bonchev–Trinajstić information content (AvgIpc) is 2.59. The van der Waals surface area contributed by atoms with E-state index in [2.05, 4.69) is 5.32 Å². The van der Waals surface area contributed by atoms with Gasteiger partial charge in [-0.3, -0.25) is 0 Å². The van der Waals surface area contributed by atoms with Gasteiger partial charge in [0.1, 0.15) is 11.9 Å². The third-order valence-corrected chi connectivity index (χ3v) is 2.25. The highest BCUT2D eigenvalue weighted by molar-refractivity contribution is 5.86. The number of ether oxygens (including phenoxy) is 2. The minimum absolute atomic E-state index is 0.445. The number of esters is 1. The molecule has 0 aliphatic carbocycles. The van der Waals surface area contributed by atoms with E-state index in [0.717, 1.165) is 0 Å². The molecule has 1 aromatic carbocycles. The maximum absolute atomic E-state index is 11.7. The molecule has 1 amide bonds. The molecule has 1 aliphatic heterocycles. The van der Waals surface area contributed by atoms with Gasteiger partial charge in [-0.05, 0) is 19.1 Å². The van der Waals surface area contributed by atoms with E-state index in [4.69, 9.17) is 9.47 Å². The number of amides is 1. The fourth-order valence-corrected chi connectivity index (χ4v) is 1.43. The summed E-state index contributed by atoms with van der Waals surface area (Å²) in [6, 6.07) is 7.93. The van der Waals surface area contributed by atoms with Crippen molar-refractivity contribution in [2.24, 2.45) is 0 Å². The Bertz CT molecular complexity index is 404. The Morgan fingerprint density at radius 1 is 1.38 bits per heavy atom. The van der Waals surface area contributed by atoms with Gasteiger partial charge < -0.3 is 14.8 Å². The van der Waals surface area contributed by atoms with E-state index >= 15 is 0 Å². The summed E-state index contributed by atoms with van der Waals surface area (Å²) in [5.41, 5.74) is 0. The largest absolute Gasteiger partial charge is 0.444 e. The zero-order chi connectivity index (χ0) is 11.5. The zero-order valence-electron chi connectivity index (χ0n) is 8.67. The summed E-state index contributed by atoms with van der Waals surface area (Å²) in [6.07, 6.45) is -1.11. The summed E-state index contributed by atoms with van der Waals surface area (Å²) in [5.74, 6) is -0.0783. The fraction of sp³-hybridized carbons (Fsp3) is 0.273. The highest BCUT2D eigenvalue weighted by Gasteiger charge is 2.37. The van der Waals surface area contributed by atoms with Crippen molar-refractivity contribution in [2.75, 3.05) is 0 Å². The molecular weight excluding hydrogens is 210 g/mol. The van der Waals surface area contributed by atoms with Crippen molar-refractivity contribution in [1.29, 1.82) is 0 Å². The van der Waals surface area contributed by atoms with Crippen molar-refractivity contribution in [2.45, 2.75) is 19.1 Å². The molecule has 2 unspecified atom stereocenters. The minimum atomic E-state index is -0.743. The van der Waals surface area contributed by atoms with Crippen LogP contribution in [0.3, 0.4) is 0 Å². The van der Waals surface area contributed by atoms with Gasteiger partial charge in [-0.15, -0.1) is 0 Å². The monoisotopic (exact) mass is 221 g/mol. The number of alkyl carbamates (subject to hydrolysis) is 1. The second-order valence-corrected chi connectivity index (χ2v) is 3.47. The Labute approximate surface area is 92.4 Å². The van der Waals surface area contributed by atoms with Crippen LogP contribution in [0.4, 0.5) is 4.79 Å². The van der Waals surface area contributed by atoms with Crippen LogP contribution >= 0.6 is 0 Å². The molecule has 1 aromatic rings. The first kappa shape index (κ1) is 10.5. The molecule has 5 heteroatoms. The molecule has 16 heavy (non-hydrogen) atoms. The smallest absolute Gasteiger partial charge is 0.408 e. The predicted octanol–water partition coefficient (Wildman–Crippen LogP) is 1.09. The van der Waals surface area contributed by atoms with Crippen LogP contribution in [-0.2, 0) is 9.53 Å². The predicted molar refractivity (Wildman–Crippen MR) is 54.9 cm³/mol. The van der Waals surface area contributed by atoms with Crippen molar-refractivity contribution >= 4 is 12.1 Å².